The molecule has 5 aliphatic carbocycles. The molecule has 1 saturated heterocycles. The zero-order chi connectivity index (χ0) is 33.3. The van der Waals surface area contributed by atoms with Crippen molar-refractivity contribution in [2.75, 3.05) is 37.7 Å². The van der Waals surface area contributed by atoms with Crippen molar-refractivity contribution in [2.45, 2.75) is 124 Å². The van der Waals surface area contributed by atoms with Crippen molar-refractivity contribution in [1.82, 2.24) is 10.2 Å². The second-order valence-electron chi connectivity index (χ2n) is 18.2. The minimum Gasteiger partial charge on any atom is -0.481 e. The molecule has 9 atom stereocenters. The molecular weight excluding hydrogens is 593 g/mol. The average molecular weight is 659 g/mol. The standard InChI is InChI=1S/C39H66N2O4S/c1-27(2)29-14-18-39(40-21-22-41-23-25-46(44,45)26-24-41)20-19-37(6)30(34(29)39)11-12-32-36(5)16-13-28(9-8-10-33(42)43)35(3,4)31(36)15-17-38(32,37)7/h13,29-32,34,40,44-45H,1,8-12,14-26H2,2-7H3,(H,42,43)/t29-,30+,31-,32+,34+,36-,37+,38+,39-/m0/s1. The first-order chi connectivity index (χ1) is 21.5. The summed E-state index contributed by atoms with van der Waals surface area (Å²) < 4.78 is 20.2. The number of rotatable bonds is 9. The Hall–Kier alpha value is -0.860. The summed E-state index contributed by atoms with van der Waals surface area (Å²) in [6.45, 7) is 23.5. The highest BCUT2D eigenvalue weighted by molar-refractivity contribution is 8.24. The summed E-state index contributed by atoms with van der Waals surface area (Å²) in [5, 5.41) is 13.5. The first kappa shape index (κ1) is 35.0. The van der Waals surface area contributed by atoms with Crippen LogP contribution in [0.1, 0.15) is 119 Å². The molecule has 0 amide bonds. The fourth-order valence-corrected chi connectivity index (χ4v) is 14.7. The van der Waals surface area contributed by atoms with Gasteiger partial charge < -0.3 is 10.4 Å². The number of nitrogens with one attached hydrogen (secondary N) is 1. The molecule has 6 aliphatic rings. The van der Waals surface area contributed by atoms with Crippen LogP contribution in [-0.4, -0.2) is 68.3 Å². The molecule has 0 aromatic carbocycles. The average Bonchev–Trinajstić information content (AvgIpc) is 3.35. The van der Waals surface area contributed by atoms with Gasteiger partial charge in [0, 0.05) is 38.1 Å². The summed E-state index contributed by atoms with van der Waals surface area (Å²) in [4.78, 5) is 13.7. The molecule has 262 valence electrons. The van der Waals surface area contributed by atoms with Crippen LogP contribution in [0.25, 0.3) is 0 Å². The number of aliphatic carboxylic acids is 1. The van der Waals surface area contributed by atoms with Gasteiger partial charge in [0.05, 0.1) is 11.5 Å². The van der Waals surface area contributed by atoms with Crippen molar-refractivity contribution in [3.05, 3.63) is 23.8 Å². The normalized spacial score (nSPS) is 45.4. The van der Waals surface area contributed by atoms with Crippen molar-refractivity contribution < 1.29 is 19.0 Å². The van der Waals surface area contributed by atoms with E-state index >= 15 is 0 Å². The Balaban J connectivity index is 1.23. The van der Waals surface area contributed by atoms with Crippen LogP contribution >= 0.6 is 10.6 Å². The zero-order valence-corrected chi connectivity index (χ0v) is 30.8. The molecule has 46 heavy (non-hydrogen) atoms. The summed E-state index contributed by atoms with van der Waals surface area (Å²) in [7, 11) is -2.35. The lowest BCUT2D eigenvalue weighted by Crippen LogP contribution is -2.68. The number of nitrogens with zero attached hydrogens (tertiary/aromatic N) is 1. The van der Waals surface area contributed by atoms with Gasteiger partial charge in [-0.2, -0.15) is 10.6 Å². The summed E-state index contributed by atoms with van der Waals surface area (Å²) in [5.74, 6) is 3.69. The molecule has 0 aromatic heterocycles. The van der Waals surface area contributed by atoms with E-state index in [9.17, 15) is 19.0 Å². The molecule has 1 aliphatic heterocycles. The maximum Gasteiger partial charge on any atom is 0.303 e. The fourth-order valence-electron chi connectivity index (χ4n) is 13.4. The van der Waals surface area contributed by atoms with Crippen LogP contribution < -0.4 is 5.32 Å². The molecule has 6 nitrogen and oxygen atoms in total. The lowest BCUT2D eigenvalue weighted by molar-refractivity contribution is -0.221. The molecule has 6 rings (SSSR count). The Labute approximate surface area is 282 Å². The van der Waals surface area contributed by atoms with E-state index in [0.29, 0.717) is 51.9 Å². The molecule has 4 N–H and O–H groups in total. The molecule has 0 bridgehead atoms. The van der Waals surface area contributed by atoms with Gasteiger partial charge in [0.15, 0.2) is 0 Å². The van der Waals surface area contributed by atoms with E-state index in [2.05, 4.69) is 64.4 Å². The fraction of sp³-hybridized carbons (Fsp3) is 0.872. The molecule has 0 aromatic rings. The number of fused-ring (bicyclic) bond motifs is 7. The quantitative estimate of drug-likeness (QED) is 0.185. The zero-order valence-electron chi connectivity index (χ0n) is 30.0. The van der Waals surface area contributed by atoms with Crippen molar-refractivity contribution in [1.29, 1.82) is 0 Å². The summed E-state index contributed by atoms with van der Waals surface area (Å²) >= 11 is 0. The van der Waals surface area contributed by atoms with Crippen molar-refractivity contribution in [2.24, 2.45) is 51.2 Å². The van der Waals surface area contributed by atoms with Crippen LogP contribution in [0.5, 0.6) is 0 Å². The highest BCUT2D eigenvalue weighted by atomic mass is 32.3. The third-order valence-corrected chi connectivity index (χ3v) is 17.7. The van der Waals surface area contributed by atoms with Crippen LogP contribution in [0, 0.1) is 51.2 Å². The first-order valence-electron chi connectivity index (χ1n) is 18.8. The van der Waals surface area contributed by atoms with Crippen molar-refractivity contribution >= 4 is 16.6 Å². The molecule has 1 heterocycles. The van der Waals surface area contributed by atoms with E-state index in [-0.39, 0.29) is 22.8 Å². The van der Waals surface area contributed by atoms with Gasteiger partial charge in [-0.15, -0.1) is 0 Å². The smallest absolute Gasteiger partial charge is 0.303 e. The van der Waals surface area contributed by atoms with Gasteiger partial charge in [0.2, 0.25) is 0 Å². The molecular formula is C39H66N2O4S. The predicted octanol–water partition coefficient (Wildman–Crippen LogP) is 8.84. The van der Waals surface area contributed by atoms with Gasteiger partial charge in [0.1, 0.15) is 0 Å². The number of allylic oxidation sites excluding steroid dienone is 3. The maximum absolute atomic E-state index is 11.3. The van der Waals surface area contributed by atoms with E-state index in [4.69, 9.17) is 0 Å². The van der Waals surface area contributed by atoms with Crippen molar-refractivity contribution in [3.8, 4) is 0 Å². The number of hydrogen-bond acceptors (Lipinski definition) is 5. The van der Waals surface area contributed by atoms with Crippen LogP contribution in [0.4, 0.5) is 0 Å². The molecule has 4 saturated carbocycles. The molecule has 7 heteroatoms. The molecule has 0 radical (unpaired) electrons. The van der Waals surface area contributed by atoms with Crippen LogP contribution in [0.2, 0.25) is 0 Å². The number of carboxylic acid groups (broad SMARTS) is 1. The van der Waals surface area contributed by atoms with Crippen molar-refractivity contribution in [3.63, 3.8) is 0 Å². The van der Waals surface area contributed by atoms with E-state index in [1.54, 1.807) is 0 Å². The molecule has 5 fully saturated rings. The summed E-state index contributed by atoms with van der Waals surface area (Å²) in [6, 6.07) is 0. The summed E-state index contributed by atoms with van der Waals surface area (Å²) in [5.41, 5.74) is 4.13. The van der Waals surface area contributed by atoms with Gasteiger partial charge in [-0.1, -0.05) is 58.4 Å². The van der Waals surface area contributed by atoms with Crippen LogP contribution in [0.3, 0.4) is 0 Å². The maximum atomic E-state index is 11.3. The molecule has 0 unspecified atom stereocenters. The van der Waals surface area contributed by atoms with Gasteiger partial charge >= 0.3 is 5.97 Å². The topological polar surface area (TPSA) is 93.0 Å². The predicted molar refractivity (Wildman–Crippen MR) is 191 cm³/mol. The third kappa shape index (κ3) is 5.58. The van der Waals surface area contributed by atoms with E-state index in [0.717, 1.165) is 45.4 Å². The number of hydrogen-bond donors (Lipinski definition) is 4. The highest BCUT2D eigenvalue weighted by Gasteiger charge is 2.70. The first-order valence-corrected chi connectivity index (χ1v) is 20.7. The number of carbonyl (C=O) groups is 1. The van der Waals surface area contributed by atoms with E-state index in [1.165, 1.54) is 62.5 Å². The van der Waals surface area contributed by atoms with Gasteiger partial charge in [0.25, 0.3) is 0 Å². The monoisotopic (exact) mass is 658 g/mol. The minimum absolute atomic E-state index is 0.123. The lowest BCUT2D eigenvalue weighted by Gasteiger charge is -2.72. The largest absolute Gasteiger partial charge is 0.481 e. The third-order valence-electron chi connectivity index (χ3n) is 16.0. The van der Waals surface area contributed by atoms with Gasteiger partial charge in [-0.3, -0.25) is 18.8 Å². The van der Waals surface area contributed by atoms with Crippen LogP contribution in [0.15, 0.2) is 23.8 Å². The van der Waals surface area contributed by atoms with E-state index < -0.39 is 16.6 Å². The van der Waals surface area contributed by atoms with Gasteiger partial charge in [-0.05, 0) is 129 Å². The highest BCUT2D eigenvalue weighted by Crippen LogP contribution is 2.76. The second kappa shape index (κ2) is 12.2. The SMILES string of the molecule is C=C(C)[C@@H]1CC[C@]2(NCCN3CCS(O)(O)CC3)CC[C@]3(C)[C@H](CC[C@@H]4[C@@]5(C)CC=C(CCCC(=O)O)C(C)(C)[C@@H]5CC[C@]43C)[C@@H]12. The Morgan fingerprint density at radius 1 is 0.978 bits per heavy atom. The Kier molecular flexibility index (Phi) is 9.26. The Morgan fingerprint density at radius 2 is 1.70 bits per heavy atom. The van der Waals surface area contributed by atoms with Crippen LogP contribution in [-0.2, 0) is 4.79 Å². The number of carboxylic acids is 1. The van der Waals surface area contributed by atoms with Gasteiger partial charge in [-0.25, -0.2) is 0 Å². The lowest BCUT2D eigenvalue weighted by atomic mass is 9.33. The van der Waals surface area contributed by atoms with E-state index in [1.807, 2.05) is 0 Å². The second-order valence-corrected chi connectivity index (χ2v) is 20.6. The Morgan fingerprint density at radius 3 is 2.37 bits per heavy atom. The molecule has 0 spiro atoms. The summed E-state index contributed by atoms with van der Waals surface area (Å²) in [6.07, 6.45) is 16.0. The Bertz CT molecular complexity index is 1220. The minimum atomic E-state index is -2.35.